The Morgan fingerprint density at radius 1 is 1.18 bits per heavy atom. The highest BCUT2D eigenvalue weighted by Crippen LogP contribution is 2.28. The van der Waals surface area contributed by atoms with Gasteiger partial charge in [-0.1, -0.05) is 24.3 Å². The van der Waals surface area contributed by atoms with Crippen molar-refractivity contribution in [3.8, 4) is 0 Å². The van der Waals surface area contributed by atoms with Crippen molar-refractivity contribution >= 4 is 23.5 Å². The second-order valence-electron chi connectivity index (χ2n) is 6.74. The van der Waals surface area contributed by atoms with Gasteiger partial charge in [-0.3, -0.25) is 9.59 Å². The van der Waals surface area contributed by atoms with Gasteiger partial charge >= 0.3 is 5.97 Å². The van der Waals surface area contributed by atoms with E-state index in [0.717, 1.165) is 5.56 Å². The molecule has 1 aliphatic rings. The van der Waals surface area contributed by atoms with Gasteiger partial charge < -0.3 is 14.5 Å². The average Bonchev–Trinajstić information content (AvgIpc) is 3.09. The molecule has 1 fully saturated rings. The molecule has 2 aromatic carbocycles. The maximum Gasteiger partial charge on any atom is 0.337 e. The Balaban J connectivity index is 1.64. The molecule has 1 aliphatic heterocycles. The molecule has 2 aromatic rings. The number of para-hydroxylation sites is 1. The van der Waals surface area contributed by atoms with Crippen molar-refractivity contribution in [3.63, 3.8) is 0 Å². The predicted octanol–water partition coefficient (Wildman–Crippen LogP) is 2.62. The molecule has 0 aliphatic carbocycles. The minimum absolute atomic E-state index is 0.0544. The number of carbonyl (C=O) groups is 3. The highest BCUT2D eigenvalue weighted by molar-refractivity contribution is 6.00. The van der Waals surface area contributed by atoms with Gasteiger partial charge in [0, 0.05) is 26.6 Å². The Kier molecular flexibility index (Phi) is 5.73. The van der Waals surface area contributed by atoms with Crippen molar-refractivity contribution in [2.24, 2.45) is 5.92 Å². The van der Waals surface area contributed by atoms with E-state index in [0.29, 0.717) is 12.1 Å². The van der Waals surface area contributed by atoms with Crippen molar-refractivity contribution in [2.75, 3.05) is 25.6 Å². The number of rotatable bonds is 5. The fourth-order valence-electron chi connectivity index (χ4n) is 3.30. The first-order valence-electron chi connectivity index (χ1n) is 8.88. The molecule has 146 valence electrons. The molecule has 7 heteroatoms. The molecule has 0 spiro atoms. The Morgan fingerprint density at radius 2 is 1.86 bits per heavy atom. The maximum atomic E-state index is 14.0. The summed E-state index contributed by atoms with van der Waals surface area (Å²) < 4.78 is 18.6. The minimum Gasteiger partial charge on any atom is -0.465 e. The second kappa shape index (κ2) is 8.21. The van der Waals surface area contributed by atoms with Crippen LogP contribution in [-0.2, 0) is 20.9 Å². The molecule has 0 saturated carbocycles. The third-order valence-electron chi connectivity index (χ3n) is 4.79. The van der Waals surface area contributed by atoms with Crippen LogP contribution < -0.4 is 4.90 Å². The fourth-order valence-corrected chi connectivity index (χ4v) is 3.30. The number of nitrogens with zero attached hydrogens (tertiary/aromatic N) is 2. The number of hydrogen-bond donors (Lipinski definition) is 0. The zero-order valence-corrected chi connectivity index (χ0v) is 15.7. The third kappa shape index (κ3) is 4.03. The summed E-state index contributed by atoms with van der Waals surface area (Å²) in [6, 6.07) is 12.8. The van der Waals surface area contributed by atoms with Gasteiger partial charge in [-0.05, 0) is 29.8 Å². The largest absolute Gasteiger partial charge is 0.465 e. The normalized spacial score (nSPS) is 16.2. The highest BCUT2D eigenvalue weighted by atomic mass is 19.1. The van der Waals surface area contributed by atoms with Crippen LogP contribution in [0.4, 0.5) is 10.1 Å². The fraction of sp³-hybridized carbons (Fsp3) is 0.286. The van der Waals surface area contributed by atoms with Crippen LogP contribution in [-0.4, -0.2) is 43.4 Å². The molecule has 0 bridgehead atoms. The zero-order valence-electron chi connectivity index (χ0n) is 15.7. The van der Waals surface area contributed by atoms with Gasteiger partial charge in [-0.2, -0.15) is 0 Å². The van der Waals surface area contributed by atoms with E-state index in [2.05, 4.69) is 4.74 Å². The zero-order chi connectivity index (χ0) is 20.3. The maximum absolute atomic E-state index is 14.0. The number of esters is 1. The molecule has 28 heavy (non-hydrogen) atoms. The molecule has 0 N–H and O–H groups in total. The first-order valence-corrected chi connectivity index (χ1v) is 8.88. The Hall–Kier alpha value is -3.22. The van der Waals surface area contributed by atoms with Crippen molar-refractivity contribution < 1.29 is 23.5 Å². The minimum atomic E-state index is -0.522. The highest BCUT2D eigenvalue weighted by Gasteiger charge is 2.37. The van der Waals surface area contributed by atoms with Gasteiger partial charge in [0.05, 0.1) is 24.3 Å². The van der Waals surface area contributed by atoms with Crippen molar-refractivity contribution in [3.05, 3.63) is 65.5 Å². The van der Waals surface area contributed by atoms with E-state index in [1.807, 2.05) is 0 Å². The molecule has 2 amide bonds. The van der Waals surface area contributed by atoms with Crippen LogP contribution >= 0.6 is 0 Å². The van der Waals surface area contributed by atoms with Gasteiger partial charge in [-0.15, -0.1) is 0 Å². The summed E-state index contributed by atoms with van der Waals surface area (Å²) >= 11 is 0. The lowest BCUT2D eigenvalue weighted by atomic mass is 10.1. The average molecular weight is 384 g/mol. The molecule has 1 saturated heterocycles. The van der Waals surface area contributed by atoms with Crippen LogP contribution in [0.3, 0.4) is 0 Å². The van der Waals surface area contributed by atoms with Crippen LogP contribution in [0.15, 0.2) is 48.5 Å². The molecule has 1 atom stereocenters. The van der Waals surface area contributed by atoms with E-state index in [-0.39, 0.29) is 30.5 Å². The quantitative estimate of drug-likeness (QED) is 0.744. The summed E-state index contributed by atoms with van der Waals surface area (Å²) in [5.41, 5.74) is 1.48. The van der Waals surface area contributed by atoms with E-state index in [1.165, 1.54) is 29.0 Å². The molecule has 0 aromatic heterocycles. The van der Waals surface area contributed by atoms with Gasteiger partial charge in [0.1, 0.15) is 5.82 Å². The summed E-state index contributed by atoms with van der Waals surface area (Å²) in [4.78, 5) is 39.4. The number of anilines is 1. The van der Waals surface area contributed by atoms with Gasteiger partial charge in [0.15, 0.2) is 0 Å². The first-order chi connectivity index (χ1) is 13.4. The Labute approximate surface area is 162 Å². The summed E-state index contributed by atoms with van der Waals surface area (Å²) in [5.74, 6) is -1.87. The van der Waals surface area contributed by atoms with Crippen LogP contribution in [0.5, 0.6) is 0 Å². The van der Waals surface area contributed by atoms with Crippen molar-refractivity contribution in [1.29, 1.82) is 0 Å². The number of benzene rings is 2. The number of ether oxygens (including phenoxy) is 1. The lowest BCUT2D eigenvalue weighted by Crippen LogP contribution is -2.34. The lowest BCUT2D eigenvalue weighted by Gasteiger charge is -2.22. The predicted molar refractivity (Wildman–Crippen MR) is 101 cm³/mol. The Bertz CT molecular complexity index is 898. The summed E-state index contributed by atoms with van der Waals surface area (Å²) in [6.07, 6.45) is 0.0544. The summed E-state index contributed by atoms with van der Waals surface area (Å²) in [6.45, 7) is 0.495. The molecule has 3 rings (SSSR count). The van der Waals surface area contributed by atoms with Gasteiger partial charge in [0.25, 0.3) is 0 Å². The van der Waals surface area contributed by atoms with Gasteiger partial charge in [-0.25, -0.2) is 9.18 Å². The number of hydrogen-bond acceptors (Lipinski definition) is 4. The molecular formula is C21H21FN2O4. The van der Waals surface area contributed by atoms with E-state index in [9.17, 15) is 18.8 Å². The monoisotopic (exact) mass is 384 g/mol. The van der Waals surface area contributed by atoms with Crippen LogP contribution in [0.2, 0.25) is 0 Å². The number of halogens is 1. The van der Waals surface area contributed by atoms with Crippen LogP contribution in [0.1, 0.15) is 22.3 Å². The van der Waals surface area contributed by atoms with E-state index >= 15 is 0 Å². The number of methoxy groups -OCH3 is 1. The molecule has 0 radical (unpaired) electrons. The number of carbonyl (C=O) groups excluding carboxylic acids is 3. The van der Waals surface area contributed by atoms with E-state index in [1.54, 1.807) is 43.4 Å². The summed E-state index contributed by atoms with van der Waals surface area (Å²) in [5, 5.41) is 0. The molecule has 6 nitrogen and oxygen atoms in total. The first kappa shape index (κ1) is 19.5. The van der Waals surface area contributed by atoms with E-state index < -0.39 is 17.7 Å². The molecule has 0 unspecified atom stereocenters. The van der Waals surface area contributed by atoms with E-state index in [4.69, 9.17) is 0 Å². The number of amides is 2. The second-order valence-corrected chi connectivity index (χ2v) is 6.74. The lowest BCUT2D eigenvalue weighted by molar-refractivity contribution is -0.135. The molecular weight excluding hydrogens is 363 g/mol. The standard InChI is InChI=1S/C21H21FN2O4/c1-23(12-14-7-9-15(10-8-14)21(27)28-2)20(26)16-11-19(25)24(13-16)18-6-4-3-5-17(18)22/h3-10,16H,11-13H2,1-2H3/t16-/m1/s1. The van der Waals surface area contributed by atoms with Crippen LogP contribution in [0, 0.1) is 11.7 Å². The van der Waals surface area contributed by atoms with Crippen molar-refractivity contribution in [2.45, 2.75) is 13.0 Å². The van der Waals surface area contributed by atoms with Crippen molar-refractivity contribution in [1.82, 2.24) is 4.90 Å². The SMILES string of the molecule is COC(=O)c1ccc(CN(C)C(=O)[C@@H]2CC(=O)N(c3ccccc3F)C2)cc1. The Morgan fingerprint density at radius 3 is 2.50 bits per heavy atom. The third-order valence-corrected chi connectivity index (χ3v) is 4.79. The topological polar surface area (TPSA) is 66.9 Å². The van der Waals surface area contributed by atoms with Crippen LogP contribution in [0.25, 0.3) is 0 Å². The smallest absolute Gasteiger partial charge is 0.337 e. The van der Waals surface area contributed by atoms with Gasteiger partial charge in [0.2, 0.25) is 11.8 Å². The molecule has 1 heterocycles. The summed E-state index contributed by atoms with van der Waals surface area (Å²) in [7, 11) is 2.98.